The first-order chi connectivity index (χ1) is 8.98. The average molecular weight is 283 g/mol. The molecule has 1 aliphatic rings. The van der Waals surface area contributed by atoms with E-state index < -0.39 is 11.6 Å². The third-order valence-electron chi connectivity index (χ3n) is 4.00. The molecule has 1 rings (SSSR count). The monoisotopic (exact) mass is 283 g/mol. The Morgan fingerprint density at radius 1 is 1.35 bits per heavy atom. The lowest BCUT2D eigenvalue weighted by Crippen LogP contribution is -2.48. The normalized spacial score (nSPS) is 23.6. The molecule has 0 aliphatic heterocycles. The van der Waals surface area contributed by atoms with Crippen LogP contribution in [0.15, 0.2) is 0 Å². The molecule has 0 spiro atoms. The molecule has 1 saturated carbocycles. The van der Waals surface area contributed by atoms with E-state index in [4.69, 9.17) is 4.74 Å². The van der Waals surface area contributed by atoms with Gasteiger partial charge >= 0.3 is 5.97 Å². The molecule has 1 aliphatic carbocycles. The molecule has 0 heterocycles. The summed E-state index contributed by atoms with van der Waals surface area (Å²) in [5.74, 6) is -0.267. The van der Waals surface area contributed by atoms with Crippen molar-refractivity contribution in [1.29, 1.82) is 0 Å². The van der Waals surface area contributed by atoms with Gasteiger partial charge in [0.05, 0.1) is 0 Å². The summed E-state index contributed by atoms with van der Waals surface area (Å²) in [5, 5.41) is 2.89. The van der Waals surface area contributed by atoms with Crippen LogP contribution < -0.4 is 5.32 Å². The minimum absolute atomic E-state index is 0.0221. The van der Waals surface area contributed by atoms with Crippen molar-refractivity contribution in [2.75, 3.05) is 0 Å². The van der Waals surface area contributed by atoms with Gasteiger partial charge in [0.25, 0.3) is 0 Å². The van der Waals surface area contributed by atoms with Crippen LogP contribution in [0.1, 0.15) is 61.3 Å². The lowest BCUT2D eigenvalue weighted by atomic mass is 9.98. The molecule has 0 aromatic carbocycles. The first-order valence-electron chi connectivity index (χ1n) is 7.51. The fourth-order valence-corrected chi connectivity index (χ4v) is 2.20. The molecular weight excluding hydrogens is 254 g/mol. The molecule has 4 heteroatoms. The molecule has 1 N–H and O–H groups in total. The van der Waals surface area contributed by atoms with Crippen LogP contribution in [0.5, 0.6) is 0 Å². The third kappa shape index (κ3) is 4.50. The molecule has 116 valence electrons. The van der Waals surface area contributed by atoms with E-state index in [-0.39, 0.29) is 29.1 Å². The van der Waals surface area contributed by atoms with Crippen LogP contribution in [0.25, 0.3) is 0 Å². The predicted molar refractivity (Wildman–Crippen MR) is 79.1 cm³/mol. The zero-order valence-corrected chi connectivity index (χ0v) is 13.9. The topological polar surface area (TPSA) is 55.4 Å². The van der Waals surface area contributed by atoms with E-state index in [1.807, 2.05) is 34.6 Å². The molecule has 1 amide bonds. The van der Waals surface area contributed by atoms with Crippen LogP contribution in [-0.2, 0) is 14.3 Å². The maximum atomic E-state index is 12.3. The van der Waals surface area contributed by atoms with Gasteiger partial charge in [-0.15, -0.1) is 0 Å². The van der Waals surface area contributed by atoms with Gasteiger partial charge in [0, 0.05) is 5.92 Å². The summed E-state index contributed by atoms with van der Waals surface area (Å²) in [4.78, 5) is 24.5. The van der Waals surface area contributed by atoms with E-state index >= 15 is 0 Å². The summed E-state index contributed by atoms with van der Waals surface area (Å²) >= 11 is 0. The molecule has 0 bridgehead atoms. The van der Waals surface area contributed by atoms with Crippen molar-refractivity contribution in [3.05, 3.63) is 0 Å². The molecule has 1 fully saturated rings. The number of rotatable bonds is 5. The van der Waals surface area contributed by atoms with Crippen molar-refractivity contribution < 1.29 is 14.3 Å². The Morgan fingerprint density at radius 2 is 1.85 bits per heavy atom. The van der Waals surface area contributed by atoms with Gasteiger partial charge in [0.1, 0.15) is 11.6 Å². The number of hydrogen-bond donors (Lipinski definition) is 1. The highest BCUT2D eigenvalue weighted by Gasteiger charge is 2.51. The van der Waals surface area contributed by atoms with Crippen molar-refractivity contribution >= 4 is 11.9 Å². The highest BCUT2D eigenvalue weighted by molar-refractivity contribution is 5.88. The van der Waals surface area contributed by atoms with E-state index in [0.717, 1.165) is 12.8 Å². The number of hydrogen-bond acceptors (Lipinski definition) is 3. The predicted octanol–water partition coefficient (Wildman–Crippen LogP) is 2.91. The highest BCUT2D eigenvalue weighted by Crippen LogP contribution is 2.51. The Morgan fingerprint density at radius 3 is 2.20 bits per heavy atom. The van der Waals surface area contributed by atoms with Gasteiger partial charge in [-0.25, -0.2) is 4.79 Å². The van der Waals surface area contributed by atoms with Crippen LogP contribution >= 0.6 is 0 Å². The van der Waals surface area contributed by atoms with Crippen molar-refractivity contribution in [2.45, 2.75) is 73.0 Å². The maximum Gasteiger partial charge on any atom is 0.329 e. The Bertz CT molecular complexity index is 382. The summed E-state index contributed by atoms with van der Waals surface area (Å²) in [6.45, 7) is 13.6. The second kappa shape index (κ2) is 5.74. The molecule has 0 aromatic heterocycles. The molecule has 0 aromatic rings. The van der Waals surface area contributed by atoms with Gasteiger partial charge in [-0.1, -0.05) is 34.1 Å². The smallest absolute Gasteiger partial charge is 0.329 e. The Labute approximate surface area is 122 Å². The van der Waals surface area contributed by atoms with Crippen molar-refractivity contribution in [1.82, 2.24) is 5.32 Å². The zero-order chi connectivity index (χ0) is 15.7. The first kappa shape index (κ1) is 17.0. The van der Waals surface area contributed by atoms with Crippen molar-refractivity contribution in [3.8, 4) is 0 Å². The van der Waals surface area contributed by atoms with Crippen LogP contribution in [0.4, 0.5) is 0 Å². The van der Waals surface area contributed by atoms with Crippen molar-refractivity contribution in [2.24, 2.45) is 17.3 Å². The minimum atomic E-state index is -0.553. The summed E-state index contributed by atoms with van der Waals surface area (Å²) in [7, 11) is 0. The van der Waals surface area contributed by atoms with Crippen LogP contribution in [0.2, 0.25) is 0 Å². The van der Waals surface area contributed by atoms with Crippen molar-refractivity contribution in [3.63, 3.8) is 0 Å². The number of esters is 1. The number of ether oxygens (including phenoxy) is 1. The third-order valence-corrected chi connectivity index (χ3v) is 4.00. The largest absolute Gasteiger partial charge is 0.458 e. The second-order valence-corrected chi connectivity index (χ2v) is 7.65. The fourth-order valence-electron chi connectivity index (χ4n) is 2.20. The highest BCUT2D eigenvalue weighted by atomic mass is 16.6. The minimum Gasteiger partial charge on any atom is -0.458 e. The van der Waals surface area contributed by atoms with E-state index in [1.165, 1.54) is 0 Å². The summed E-state index contributed by atoms with van der Waals surface area (Å²) in [6.07, 6.45) is 1.71. The van der Waals surface area contributed by atoms with E-state index in [0.29, 0.717) is 0 Å². The molecule has 1 unspecified atom stereocenters. The molecule has 4 nitrogen and oxygen atoms in total. The van der Waals surface area contributed by atoms with E-state index in [9.17, 15) is 9.59 Å². The number of carbonyl (C=O) groups is 2. The number of amides is 1. The van der Waals surface area contributed by atoms with Gasteiger partial charge in [0.15, 0.2) is 0 Å². The molecular formula is C16H29NO3. The van der Waals surface area contributed by atoms with Gasteiger partial charge < -0.3 is 10.1 Å². The van der Waals surface area contributed by atoms with Crippen LogP contribution in [0.3, 0.4) is 0 Å². The van der Waals surface area contributed by atoms with Crippen LogP contribution in [-0.4, -0.2) is 23.5 Å². The number of carbonyl (C=O) groups excluding carboxylic acids is 2. The summed E-state index contributed by atoms with van der Waals surface area (Å²) < 4.78 is 5.42. The Hall–Kier alpha value is -1.06. The Kier molecular flexibility index (Phi) is 4.88. The fraction of sp³-hybridized carbons (Fsp3) is 0.875. The first-order valence-corrected chi connectivity index (χ1v) is 7.51. The molecule has 0 saturated heterocycles. The Balaban J connectivity index is 2.70. The molecule has 3 atom stereocenters. The summed E-state index contributed by atoms with van der Waals surface area (Å²) in [6, 6.07) is -0.553. The van der Waals surface area contributed by atoms with E-state index in [1.54, 1.807) is 0 Å². The van der Waals surface area contributed by atoms with Gasteiger partial charge in [0.2, 0.25) is 5.91 Å². The zero-order valence-electron chi connectivity index (χ0n) is 13.9. The van der Waals surface area contributed by atoms with Crippen LogP contribution in [0, 0.1) is 17.3 Å². The number of nitrogens with one attached hydrogen (secondary N) is 1. The second-order valence-electron chi connectivity index (χ2n) is 7.65. The molecule has 0 radical (unpaired) electrons. The standard InChI is InChI=1S/C16H29NO3/c1-8-10(2)12(14(19)20-15(3,4)5)17-13(18)11-9-16(11,6)7/h10-12H,8-9H2,1-7H3,(H,17,18)/t10-,11?,12-/m0/s1. The van der Waals surface area contributed by atoms with Gasteiger partial charge in [-0.05, 0) is 38.5 Å². The maximum absolute atomic E-state index is 12.3. The van der Waals surface area contributed by atoms with Gasteiger partial charge in [-0.3, -0.25) is 4.79 Å². The van der Waals surface area contributed by atoms with E-state index in [2.05, 4.69) is 19.2 Å². The average Bonchev–Trinajstić information content (AvgIpc) is 2.91. The lowest BCUT2D eigenvalue weighted by Gasteiger charge is -2.27. The summed E-state index contributed by atoms with van der Waals surface area (Å²) in [5.41, 5.74) is -0.468. The van der Waals surface area contributed by atoms with Gasteiger partial charge in [-0.2, -0.15) is 0 Å². The quantitative estimate of drug-likeness (QED) is 0.789. The lowest BCUT2D eigenvalue weighted by molar-refractivity contribution is -0.160. The molecule has 20 heavy (non-hydrogen) atoms. The SMILES string of the molecule is CC[C@H](C)[C@H](NC(=O)C1CC1(C)C)C(=O)OC(C)(C)C.